The molecule has 4 heteroatoms. The molecule has 2 heterocycles. The van der Waals surface area contributed by atoms with Crippen LogP contribution in [0.4, 0.5) is 0 Å². The van der Waals surface area contributed by atoms with Crippen molar-refractivity contribution in [2.75, 3.05) is 0 Å². The minimum absolute atomic E-state index is 0.149. The van der Waals surface area contributed by atoms with Crippen LogP contribution in [0.5, 0.6) is 0 Å². The van der Waals surface area contributed by atoms with Crippen molar-refractivity contribution in [1.29, 1.82) is 0 Å². The smallest absolute Gasteiger partial charge is 0.275 e. The van der Waals surface area contributed by atoms with Gasteiger partial charge >= 0.3 is 0 Å². The molecule has 2 aliphatic heterocycles. The van der Waals surface area contributed by atoms with E-state index in [-0.39, 0.29) is 5.56 Å². The van der Waals surface area contributed by atoms with Gasteiger partial charge in [0.2, 0.25) is 0 Å². The molecule has 0 spiro atoms. The van der Waals surface area contributed by atoms with E-state index in [9.17, 15) is 4.79 Å². The number of rotatable bonds is 2. The number of hydrogen-bond acceptors (Lipinski definition) is 2. The lowest BCUT2D eigenvalue weighted by molar-refractivity contribution is 0.855. The SMILES string of the molecule is C=CCn1cc2c(=O)[nH]nc-2c2ccccc21. The molecule has 1 N–H and O–H groups in total. The monoisotopic (exact) mass is 225 g/mol. The third-order valence-corrected chi connectivity index (χ3v) is 2.85. The summed E-state index contributed by atoms with van der Waals surface area (Å²) < 4.78 is 2.00. The summed E-state index contributed by atoms with van der Waals surface area (Å²) in [6.07, 6.45) is 3.63. The second kappa shape index (κ2) is 3.59. The van der Waals surface area contributed by atoms with Crippen molar-refractivity contribution in [3.63, 3.8) is 0 Å². The van der Waals surface area contributed by atoms with E-state index in [1.807, 2.05) is 41.1 Å². The Kier molecular flexibility index (Phi) is 2.08. The molecule has 2 aliphatic rings. The second-order valence-electron chi connectivity index (χ2n) is 3.90. The molecule has 0 atom stereocenters. The van der Waals surface area contributed by atoms with Gasteiger partial charge in [-0.25, -0.2) is 5.10 Å². The summed E-state index contributed by atoms with van der Waals surface area (Å²) in [5.41, 5.74) is 2.24. The molecule has 0 unspecified atom stereocenters. The normalized spacial score (nSPS) is 11.1. The summed E-state index contributed by atoms with van der Waals surface area (Å²) in [6.45, 7) is 4.40. The molecule has 3 rings (SSSR count). The van der Waals surface area contributed by atoms with Crippen LogP contribution in [0, 0.1) is 0 Å². The molecule has 84 valence electrons. The molecule has 0 aromatic heterocycles. The Balaban J connectivity index is 2.50. The molecule has 1 aromatic rings. The van der Waals surface area contributed by atoms with E-state index >= 15 is 0 Å². The fourth-order valence-corrected chi connectivity index (χ4v) is 2.10. The van der Waals surface area contributed by atoms with Crippen molar-refractivity contribution in [3.8, 4) is 11.3 Å². The Morgan fingerprint density at radius 3 is 3.06 bits per heavy atom. The molecule has 0 amide bonds. The van der Waals surface area contributed by atoms with Crippen molar-refractivity contribution >= 4 is 10.9 Å². The predicted octanol–water partition coefficient (Wildman–Crippen LogP) is 2.02. The molecular formula is C13H11N3O. The highest BCUT2D eigenvalue weighted by atomic mass is 16.1. The van der Waals surface area contributed by atoms with Gasteiger partial charge in [0.05, 0.1) is 11.1 Å². The number of allylic oxidation sites excluding steroid dienone is 1. The molecular weight excluding hydrogens is 214 g/mol. The number of hydrogen-bond donors (Lipinski definition) is 1. The van der Waals surface area contributed by atoms with E-state index in [4.69, 9.17) is 0 Å². The van der Waals surface area contributed by atoms with Crippen molar-refractivity contribution in [3.05, 3.63) is 53.5 Å². The Labute approximate surface area is 97.5 Å². The lowest BCUT2D eigenvalue weighted by Gasteiger charge is -2.11. The molecule has 0 saturated carbocycles. The van der Waals surface area contributed by atoms with Gasteiger partial charge in [0.1, 0.15) is 5.69 Å². The topological polar surface area (TPSA) is 50.7 Å². The highest BCUT2D eigenvalue weighted by Crippen LogP contribution is 2.26. The zero-order valence-electron chi connectivity index (χ0n) is 9.18. The summed E-state index contributed by atoms with van der Waals surface area (Å²) in [7, 11) is 0. The molecule has 17 heavy (non-hydrogen) atoms. The van der Waals surface area contributed by atoms with Crippen LogP contribution >= 0.6 is 0 Å². The minimum atomic E-state index is -0.149. The number of pyridine rings is 1. The van der Waals surface area contributed by atoms with Gasteiger partial charge in [-0.05, 0) is 6.07 Å². The minimum Gasteiger partial charge on any atom is -0.343 e. The van der Waals surface area contributed by atoms with Crippen molar-refractivity contribution in [2.24, 2.45) is 0 Å². The predicted molar refractivity (Wildman–Crippen MR) is 67.2 cm³/mol. The number of aromatic nitrogens is 3. The van der Waals surface area contributed by atoms with Gasteiger partial charge in [-0.3, -0.25) is 4.79 Å². The largest absolute Gasteiger partial charge is 0.343 e. The second-order valence-corrected chi connectivity index (χ2v) is 3.90. The molecule has 0 saturated heterocycles. The van der Waals surface area contributed by atoms with Gasteiger partial charge < -0.3 is 4.57 Å². The van der Waals surface area contributed by atoms with Crippen LogP contribution in [0.15, 0.2) is 47.9 Å². The first-order valence-corrected chi connectivity index (χ1v) is 5.38. The number of H-pyrrole nitrogens is 1. The number of nitrogens with one attached hydrogen (secondary N) is 1. The zero-order valence-corrected chi connectivity index (χ0v) is 9.18. The summed E-state index contributed by atoms with van der Waals surface area (Å²) in [5, 5.41) is 7.54. The summed E-state index contributed by atoms with van der Waals surface area (Å²) in [5.74, 6) is 0. The Hall–Kier alpha value is -2.36. The van der Waals surface area contributed by atoms with Crippen LogP contribution in [0.1, 0.15) is 0 Å². The molecule has 0 fully saturated rings. The van der Waals surface area contributed by atoms with E-state index in [2.05, 4.69) is 16.8 Å². The first-order valence-electron chi connectivity index (χ1n) is 5.38. The van der Waals surface area contributed by atoms with Crippen LogP contribution in [0.3, 0.4) is 0 Å². The number of para-hydroxylation sites is 1. The highest BCUT2D eigenvalue weighted by Gasteiger charge is 2.15. The fraction of sp³-hybridized carbons (Fsp3) is 0.0769. The first-order chi connectivity index (χ1) is 8.31. The average Bonchev–Trinajstić information content (AvgIpc) is 2.72. The van der Waals surface area contributed by atoms with E-state index in [1.165, 1.54) is 0 Å². The van der Waals surface area contributed by atoms with E-state index in [0.29, 0.717) is 12.1 Å². The van der Waals surface area contributed by atoms with Crippen molar-refractivity contribution in [2.45, 2.75) is 6.54 Å². The standard InChI is InChI=1S/C13H11N3O/c1-2-7-16-8-10-12(14-15-13(10)17)9-5-3-4-6-11(9)16/h2-6,8H,1,7H2,(H,15,17). The van der Waals surface area contributed by atoms with Gasteiger partial charge in [-0.2, -0.15) is 5.10 Å². The quantitative estimate of drug-likeness (QED) is 0.678. The van der Waals surface area contributed by atoms with Crippen LogP contribution < -0.4 is 5.56 Å². The first kappa shape index (κ1) is 9.84. The Morgan fingerprint density at radius 2 is 2.24 bits per heavy atom. The maximum atomic E-state index is 11.6. The van der Waals surface area contributed by atoms with Crippen LogP contribution in [-0.2, 0) is 6.54 Å². The van der Waals surface area contributed by atoms with Gasteiger partial charge in [-0.15, -0.1) is 6.58 Å². The lowest BCUT2D eigenvalue weighted by atomic mass is 10.1. The average molecular weight is 225 g/mol. The van der Waals surface area contributed by atoms with Crippen molar-refractivity contribution < 1.29 is 0 Å². The molecule has 0 aliphatic carbocycles. The number of benzene rings is 1. The van der Waals surface area contributed by atoms with E-state index in [0.717, 1.165) is 16.6 Å². The Bertz CT molecular complexity index is 723. The van der Waals surface area contributed by atoms with Gasteiger partial charge in [0.25, 0.3) is 5.56 Å². The van der Waals surface area contributed by atoms with E-state index < -0.39 is 0 Å². The summed E-state index contributed by atoms with van der Waals surface area (Å²) in [6, 6.07) is 7.90. The van der Waals surface area contributed by atoms with Crippen LogP contribution in [0.25, 0.3) is 22.2 Å². The zero-order chi connectivity index (χ0) is 11.8. The maximum absolute atomic E-state index is 11.6. The van der Waals surface area contributed by atoms with Crippen LogP contribution in [-0.4, -0.2) is 14.8 Å². The number of aromatic amines is 1. The van der Waals surface area contributed by atoms with Gasteiger partial charge in [0, 0.05) is 18.1 Å². The maximum Gasteiger partial charge on any atom is 0.275 e. The summed E-state index contributed by atoms with van der Waals surface area (Å²) in [4.78, 5) is 11.6. The highest BCUT2D eigenvalue weighted by molar-refractivity contribution is 5.93. The number of fused-ring (bicyclic) bond motifs is 3. The Morgan fingerprint density at radius 1 is 1.41 bits per heavy atom. The summed E-state index contributed by atoms with van der Waals surface area (Å²) >= 11 is 0. The third-order valence-electron chi connectivity index (χ3n) is 2.85. The molecule has 0 radical (unpaired) electrons. The molecule has 1 aromatic carbocycles. The number of nitrogens with zero attached hydrogens (tertiary/aromatic N) is 2. The molecule has 4 nitrogen and oxygen atoms in total. The van der Waals surface area contributed by atoms with Gasteiger partial charge in [-0.1, -0.05) is 24.3 Å². The van der Waals surface area contributed by atoms with Crippen molar-refractivity contribution in [1.82, 2.24) is 14.8 Å². The third kappa shape index (κ3) is 1.38. The van der Waals surface area contributed by atoms with Crippen LogP contribution in [0.2, 0.25) is 0 Å². The van der Waals surface area contributed by atoms with E-state index in [1.54, 1.807) is 0 Å². The lowest BCUT2D eigenvalue weighted by Crippen LogP contribution is -2.05. The molecule has 0 bridgehead atoms. The fourth-order valence-electron chi connectivity index (χ4n) is 2.10. The van der Waals surface area contributed by atoms with Gasteiger partial charge in [0.15, 0.2) is 0 Å².